The quantitative estimate of drug-likeness (QED) is 0.120. The Hall–Kier alpha value is -3.03. The number of carbonyl (C=O) groups is 5. The molecule has 44 heavy (non-hydrogen) atoms. The Labute approximate surface area is 261 Å². The standard InChI is InChI=1S/C31H52N6O7/c1-9-18(4)22(26(40)33-20(23(38)25(32)39)15-19-11-10-12-19)36(8)27(41)24(31(5,6)7)35-30(42)34-21(17(2)3)16-37-13-14-43-29-28(37)44-29/h18-22,24,28-29H,2,9-16H2,1,3-8H3,(H2,32,39)(H,33,40)(H2,34,35,42)/t18-,20?,21-,22+,24-,28?,29?/m1/s1. The molecule has 0 radical (unpaired) electrons. The average Bonchev–Trinajstić information content (AvgIpc) is 3.71. The number of nitrogens with two attached hydrogens (primary N) is 1. The summed E-state index contributed by atoms with van der Waals surface area (Å²) in [5.41, 5.74) is 5.32. The number of primary amides is 1. The Morgan fingerprint density at radius 2 is 1.75 bits per heavy atom. The number of nitrogens with one attached hydrogen (secondary N) is 3. The van der Waals surface area contributed by atoms with Gasteiger partial charge in [0, 0.05) is 20.1 Å². The first-order chi connectivity index (χ1) is 20.5. The van der Waals surface area contributed by atoms with Crippen molar-refractivity contribution in [3.05, 3.63) is 12.2 Å². The van der Waals surface area contributed by atoms with Gasteiger partial charge in [-0.15, -0.1) is 0 Å². The Kier molecular flexibility index (Phi) is 12.0. The highest BCUT2D eigenvalue weighted by atomic mass is 16.8. The van der Waals surface area contributed by atoms with E-state index < -0.39 is 59.1 Å². The minimum absolute atomic E-state index is 0.136. The van der Waals surface area contributed by atoms with E-state index >= 15 is 0 Å². The molecule has 3 aliphatic rings. The fraction of sp³-hybridized carbons (Fsp3) is 0.774. The van der Waals surface area contributed by atoms with Crippen molar-refractivity contribution >= 4 is 29.5 Å². The second kappa shape index (κ2) is 14.8. The predicted molar refractivity (Wildman–Crippen MR) is 164 cm³/mol. The van der Waals surface area contributed by atoms with Crippen LogP contribution in [-0.4, -0.2) is 103 Å². The van der Waals surface area contributed by atoms with Crippen molar-refractivity contribution in [3.63, 3.8) is 0 Å². The number of likely N-dealkylation sites (N-methyl/N-ethyl adjacent to an activating group) is 1. The van der Waals surface area contributed by atoms with Crippen molar-refractivity contribution in [2.75, 3.05) is 26.7 Å². The number of fused-ring (bicyclic) bond motifs is 1. The third-order valence-corrected chi connectivity index (χ3v) is 9.04. The molecule has 1 saturated carbocycles. The maximum atomic E-state index is 14.0. The van der Waals surface area contributed by atoms with Gasteiger partial charge in [0.15, 0.2) is 12.5 Å². The summed E-state index contributed by atoms with van der Waals surface area (Å²) in [5, 5.41) is 8.52. The lowest BCUT2D eigenvalue weighted by atomic mass is 9.80. The minimum Gasteiger partial charge on any atom is -0.363 e. The third-order valence-electron chi connectivity index (χ3n) is 9.04. The van der Waals surface area contributed by atoms with Gasteiger partial charge in [0.2, 0.25) is 17.6 Å². The summed E-state index contributed by atoms with van der Waals surface area (Å²) in [7, 11) is 1.52. The molecular weight excluding hydrogens is 568 g/mol. The van der Waals surface area contributed by atoms with Gasteiger partial charge in [-0.05, 0) is 30.6 Å². The number of epoxide rings is 1. The summed E-state index contributed by atoms with van der Waals surface area (Å²) >= 11 is 0. The maximum absolute atomic E-state index is 14.0. The summed E-state index contributed by atoms with van der Waals surface area (Å²) in [6, 6.07) is -3.94. The largest absolute Gasteiger partial charge is 0.363 e. The first-order valence-electron chi connectivity index (χ1n) is 15.7. The van der Waals surface area contributed by atoms with Crippen molar-refractivity contribution in [2.24, 2.45) is 23.0 Å². The number of morpholine rings is 1. The van der Waals surface area contributed by atoms with E-state index in [1.807, 2.05) is 41.5 Å². The SMILES string of the molecule is C=C(C)[C@@H](CN1CCOC2OC21)NC(=O)N[C@H](C(=O)N(C)[C@H](C(=O)NC(CC1CCC1)C(=O)C(N)=O)[C@H](C)CC)C(C)(C)C. The lowest BCUT2D eigenvalue weighted by Gasteiger charge is -2.39. The van der Waals surface area contributed by atoms with Gasteiger partial charge in [0.25, 0.3) is 5.91 Å². The van der Waals surface area contributed by atoms with Crippen molar-refractivity contribution in [2.45, 2.75) is 110 Å². The fourth-order valence-electron chi connectivity index (χ4n) is 5.72. The highest BCUT2D eigenvalue weighted by Crippen LogP contribution is 2.32. The van der Waals surface area contributed by atoms with Crippen molar-refractivity contribution in [1.82, 2.24) is 25.8 Å². The molecule has 3 unspecified atom stereocenters. The van der Waals surface area contributed by atoms with Crippen LogP contribution < -0.4 is 21.7 Å². The van der Waals surface area contributed by atoms with Crippen molar-refractivity contribution in [3.8, 4) is 0 Å². The number of nitrogens with zero attached hydrogens (tertiary/aromatic N) is 2. The van der Waals surface area contributed by atoms with Crippen LogP contribution in [0.3, 0.4) is 0 Å². The van der Waals surface area contributed by atoms with Crippen LogP contribution in [0.2, 0.25) is 0 Å². The van der Waals surface area contributed by atoms with E-state index in [9.17, 15) is 24.0 Å². The first-order valence-corrected chi connectivity index (χ1v) is 15.7. The van der Waals surface area contributed by atoms with Crippen LogP contribution in [0.4, 0.5) is 4.79 Å². The molecule has 2 heterocycles. The fourth-order valence-corrected chi connectivity index (χ4v) is 5.72. The molecule has 7 atom stereocenters. The molecular formula is C31H52N6O7. The highest BCUT2D eigenvalue weighted by Gasteiger charge is 2.48. The zero-order chi connectivity index (χ0) is 32.9. The molecule has 5 N–H and O–H groups in total. The lowest BCUT2D eigenvalue weighted by Crippen LogP contribution is -2.62. The third kappa shape index (κ3) is 9.01. The number of urea groups is 1. The van der Waals surface area contributed by atoms with Gasteiger partial charge in [-0.3, -0.25) is 24.1 Å². The molecule has 0 bridgehead atoms. The average molecular weight is 621 g/mol. The molecule has 0 aromatic carbocycles. The summed E-state index contributed by atoms with van der Waals surface area (Å²) in [6.45, 7) is 16.8. The number of hydrogen-bond donors (Lipinski definition) is 4. The second-order valence-electron chi connectivity index (χ2n) is 13.7. The summed E-state index contributed by atoms with van der Waals surface area (Å²) in [4.78, 5) is 68.9. The van der Waals surface area contributed by atoms with E-state index in [0.717, 1.165) is 24.8 Å². The summed E-state index contributed by atoms with van der Waals surface area (Å²) in [6.07, 6.45) is 3.39. The minimum atomic E-state index is -1.10. The van der Waals surface area contributed by atoms with Crippen LogP contribution >= 0.6 is 0 Å². The number of amides is 5. The van der Waals surface area contributed by atoms with Crippen molar-refractivity contribution < 1.29 is 33.4 Å². The Bertz CT molecular complexity index is 1100. The molecule has 2 aliphatic heterocycles. The Balaban J connectivity index is 1.73. The zero-order valence-electron chi connectivity index (χ0n) is 27.3. The van der Waals surface area contributed by atoms with E-state index in [1.165, 1.54) is 11.9 Å². The van der Waals surface area contributed by atoms with E-state index in [0.29, 0.717) is 32.5 Å². The smallest absolute Gasteiger partial charge is 0.315 e. The Morgan fingerprint density at radius 1 is 1.09 bits per heavy atom. The van der Waals surface area contributed by atoms with Gasteiger partial charge in [-0.2, -0.15) is 0 Å². The second-order valence-corrected chi connectivity index (χ2v) is 13.7. The number of ether oxygens (including phenoxy) is 2. The van der Waals surface area contributed by atoms with Crippen LogP contribution in [-0.2, 0) is 28.7 Å². The molecule has 2 saturated heterocycles. The molecule has 3 rings (SSSR count). The van der Waals surface area contributed by atoms with Crippen LogP contribution in [0, 0.1) is 17.3 Å². The number of ketones is 1. The molecule has 13 nitrogen and oxygen atoms in total. The zero-order valence-corrected chi connectivity index (χ0v) is 27.3. The number of hydrogen-bond acceptors (Lipinski definition) is 8. The topological polar surface area (TPSA) is 176 Å². The van der Waals surface area contributed by atoms with Crippen LogP contribution in [0.1, 0.15) is 73.6 Å². The molecule has 1 aliphatic carbocycles. The molecule has 0 spiro atoms. The normalized spacial score (nSPS) is 23.4. The number of Topliss-reactive ketones (excluding diaryl/α,β-unsaturated/α-hetero) is 1. The van der Waals surface area contributed by atoms with Crippen LogP contribution in [0.25, 0.3) is 0 Å². The van der Waals surface area contributed by atoms with Gasteiger partial charge < -0.3 is 36.1 Å². The molecule has 0 aromatic rings. The summed E-state index contributed by atoms with van der Waals surface area (Å²) < 4.78 is 11.0. The number of carbonyl (C=O) groups excluding carboxylic acids is 5. The molecule has 5 amide bonds. The molecule has 3 fully saturated rings. The first kappa shape index (κ1) is 35.4. The Morgan fingerprint density at radius 3 is 2.27 bits per heavy atom. The maximum Gasteiger partial charge on any atom is 0.315 e. The monoisotopic (exact) mass is 620 g/mol. The van der Waals surface area contributed by atoms with Gasteiger partial charge in [0.05, 0.1) is 18.7 Å². The van der Waals surface area contributed by atoms with E-state index in [4.69, 9.17) is 15.2 Å². The molecule has 0 aromatic heterocycles. The highest BCUT2D eigenvalue weighted by molar-refractivity contribution is 6.37. The van der Waals surface area contributed by atoms with Gasteiger partial charge >= 0.3 is 6.03 Å². The van der Waals surface area contributed by atoms with Gasteiger partial charge in [0.1, 0.15) is 12.1 Å². The molecule has 248 valence electrons. The number of rotatable bonds is 15. The van der Waals surface area contributed by atoms with Crippen LogP contribution in [0.5, 0.6) is 0 Å². The lowest BCUT2D eigenvalue weighted by molar-refractivity contribution is -0.145. The molecule has 13 heteroatoms. The van der Waals surface area contributed by atoms with Gasteiger partial charge in [-0.1, -0.05) is 72.5 Å². The van der Waals surface area contributed by atoms with E-state index in [1.54, 1.807) is 0 Å². The van der Waals surface area contributed by atoms with E-state index in [-0.39, 0.29) is 24.4 Å². The summed E-state index contributed by atoms with van der Waals surface area (Å²) in [5.74, 6) is -3.02. The van der Waals surface area contributed by atoms with Crippen molar-refractivity contribution in [1.29, 1.82) is 0 Å². The van der Waals surface area contributed by atoms with Crippen LogP contribution in [0.15, 0.2) is 12.2 Å². The van der Waals surface area contributed by atoms with Gasteiger partial charge in [-0.25, -0.2) is 4.79 Å². The predicted octanol–water partition coefficient (Wildman–Crippen LogP) is 1.26. The van der Waals surface area contributed by atoms with E-state index in [2.05, 4.69) is 27.4 Å².